The third-order valence-corrected chi connectivity index (χ3v) is 4.11. The summed E-state index contributed by atoms with van der Waals surface area (Å²) in [4.78, 5) is 12.0. The molecule has 1 unspecified atom stereocenters. The minimum Gasteiger partial charge on any atom is -0.337 e. The maximum absolute atomic E-state index is 12.0. The molecule has 0 saturated heterocycles. The summed E-state index contributed by atoms with van der Waals surface area (Å²) in [7, 11) is 0. The topological polar surface area (TPSA) is 96.5 Å². The SMILES string of the molecule is CC(C)Cn1nnnc1SCC(=O)NC(C)(C#N)C(C)C. The second kappa shape index (κ2) is 7.41. The van der Waals surface area contributed by atoms with Gasteiger partial charge in [-0.3, -0.25) is 4.79 Å². The lowest BCUT2D eigenvalue weighted by atomic mass is 9.90. The Morgan fingerprint density at radius 2 is 2.14 bits per heavy atom. The highest BCUT2D eigenvalue weighted by Gasteiger charge is 2.30. The van der Waals surface area contributed by atoms with E-state index >= 15 is 0 Å². The summed E-state index contributed by atoms with van der Waals surface area (Å²) in [5.41, 5.74) is -0.860. The van der Waals surface area contributed by atoms with E-state index in [9.17, 15) is 10.1 Å². The molecule has 7 nitrogen and oxygen atoms in total. The first-order chi connectivity index (χ1) is 9.78. The van der Waals surface area contributed by atoms with Crippen LogP contribution in [0.15, 0.2) is 5.16 Å². The molecule has 0 aliphatic carbocycles. The standard InChI is InChI=1S/C13H22N6OS/c1-9(2)6-19-12(16-17-18-19)21-7-11(20)15-13(5,8-14)10(3)4/h9-10H,6-7H2,1-5H3,(H,15,20). The Labute approximate surface area is 129 Å². The van der Waals surface area contributed by atoms with Gasteiger partial charge in [-0.05, 0) is 29.2 Å². The molecule has 116 valence electrons. The van der Waals surface area contributed by atoms with Crippen molar-refractivity contribution in [2.45, 2.75) is 51.9 Å². The molecule has 8 heteroatoms. The van der Waals surface area contributed by atoms with Crippen molar-refractivity contribution in [3.05, 3.63) is 0 Å². The van der Waals surface area contributed by atoms with Crippen molar-refractivity contribution in [1.82, 2.24) is 25.5 Å². The van der Waals surface area contributed by atoms with Crippen LogP contribution in [-0.2, 0) is 11.3 Å². The Kier molecular flexibility index (Phi) is 6.15. The minimum atomic E-state index is -0.860. The lowest BCUT2D eigenvalue weighted by Crippen LogP contribution is -2.49. The summed E-state index contributed by atoms with van der Waals surface area (Å²) in [6.45, 7) is 10.4. The van der Waals surface area contributed by atoms with Crippen LogP contribution >= 0.6 is 11.8 Å². The van der Waals surface area contributed by atoms with Crippen LogP contribution in [0.1, 0.15) is 34.6 Å². The monoisotopic (exact) mass is 310 g/mol. The van der Waals surface area contributed by atoms with Crippen molar-refractivity contribution in [1.29, 1.82) is 5.26 Å². The van der Waals surface area contributed by atoms with Crippen LogP contribution in [0.25, 0.3) is 0 Å². The van der Waals surface area contributed by atoms with Crippen LogP contribution in [0.4, 0.5) is 0 Å². The predicted octanol–water partition coefficient (Wildman–Crippen LogP) is 1.48. The molecule has 1 aromatic rings. The highest BCUT2D eigenvalue weighted by atomic mass is 32.2. The van der Waals surface area contributed by atoms with Crippen molar-refractivity contribution in [3.63, 3.8) is 0 Å². The number of carbonyl (C=O) groups is 1. The normalized spacial score (nSPS) is 14.0. The number of amides is 1. The number of carbonyl (C=O) groups excluding carboxylic acids is 1. The highest BCUT2D eigenvalue weighted by molar-refractivity contribution is 7.99. The van der Waals surface area contributed by atoms with Gasteiger partial charge in [-0.1, -0.05) is 39.5 Å². The highest BCUT2D eigenvalue weighted by Crippen LogP contribution is 2.18. The lowest BCUT2D eigenvalue weighted by molar-refractivity contribution is -0.120. The first-order valence-electron chi connectivity index (χ1n) is 6.89. The molecular weight excluding hydrogens is 288 g/mol. The Morgan fingerprint density at radius 1 is 1.48 bits per heavy atom. The van der Waals surface area contributed by atoms with Crippen molar-refractivity contribution in [3.8, 4) is 6.07 Å². The number of tetrazole rings is 1. The van der Waals surface area contributed by atoms with Gasteiger partial charge in [-0.25, -0.2) is 4.68 Å². The Hall–Kier alpha value is -1.62. The number of hydrogen-bond acceptors (Lipinski definition) is 6. The van der Waals surface area contributed by atoms with E-state index in [0.29, 0.717) is 17.6 Å². The first kappa shape index (κ1) is 17.4. The summed E-state index contributed by atoms with van der Waals surface area (Å²) in [5.74, 6) is 0.437. The molecular formula is C13H22N6OS. The van der Waals surface area contributed by atoms with E-state index in [1.165, 1.54) is 11.8 Å². The molecule has 0 radical (unpaired) electrons. The second-order valence-corrected chi connectivity index (χ2v) is 6.79. The Balaban J connectivity index is 2.58. The molecule has 0 spiro atoms. The van der Waals surface area contributed by atoms with E-state index in [2.05, 4.69) is 40.8 Å². The maximum atomic E-state index is 12.0. The number of hydrogen-bond donors (Lipinski definition) is 1. The average Bonchev–Trinajstić information content (AvgIpc) is 2.82. The van der Waals surface area contributed by atoms with Crippen LogP contribution in [0.2, 0.25) is 0 Å². The molecule has 0 saturated carbocycles. The largest absolute Gasteiger partial charge is 0.337 e. The number of rotatable bonds is 7. The summed E-state index contributed by atoms with van der Waals surface area (Å²) in [5, 5.41) is 24.0. The summed E-state index contributed by atoms with van der Waals surface area (Å²) < 4.78 is 1.69. The fraction of sp³-hybridized carbons (Fsp3) is 0.769. The van der Waals surface area contributed by atoms with E-state index in [4.69, 9.17) is 0 Å². The van der Waals surface area contributed by atoms with Gasteiger partial charge in [0.15, 0.2) is 0 Å². The maximum Gasteiger partial charge on any atom is 0.231 e. The number of nitrogens with zero attached hydrogens (tertiary/aromatic N) is 5. The number of aromatic nitrogens is 4. The predicted molar refractivity (Wildman–Crippen MR) is 80.4 cm³/mol. The van der Waals surface area contributed by atoms with E-state index < -0.39 is 5.54 Å². The molecule has 0 bridgehead atoms. The van der Waals surface area contributed by atoms with Crippen molar-refractivity contribution >= 4 is 17.7 Å². The summed E-state index contributed by atoms with van der Waals surface area (Å²) in [6, 6.07) is 2.15. The molecule has 0 aliphatic heterocycles. The van der Waals surface area contributed by atoms with Crippen molar-refractivity contribution < 1.29 is 4.79 Å². The van der Waals surface area contributed by atoms with Crippen molar-refractivity contribution in [2.24, 2.45) is 11.8 Å². The molecule has 1 rings (SSSR count). The second-order valence-electron chi connectivity index (χ2n) is 5.84. The van der Waals surface area contributed by atoms with E-state index in [1.807, 2.05) is 13.8 Å². The van der Waals surface area contributed by atoms with E-state index in [-0.39, 0.29) is 17.6 Å². The number of thioether (sulfide) groups is 1. The van der Waals surface area contributed by atoms with E-state index in [1.54, 1.807) is 11.6 Å². The van der Waals surface area contributed by atoms with Gasteiger partial charge in [0.05, 0.1) is 11.8 Å². The third kappa shape index (κ3) is 5.01. The van der Waals surface area contributed by atoms with Gasteiger partial charge < -0.3 is 5.32 Å². The minimum absolute atomic E-state index is 0.0303. The molecule has 1 aromatic heterocycles. The molecule has 0 fully saturated rings. The zero-order valence-corrected chi connectivity index (χ0v) is 13.9. The molecule has 1 amide bonds. The van der Waals surface area contributed by atoms with Gasteiger partial charge >= 0.3 is 0 Å². The molecule has 1 atom stereocenters. The van der Waals surface area contributed by atoms with Gasteiger partial charge in [0.2, 0.25) is 11.1 Å². The molecule has 1 heterocycles. The van der Waals surface area contributed by atoms with Gasteiger partial charge in [0.25, 0.3) is 0 Å². The lowest BCUT2D eigenvalue weighted by Gasteiger charge is -2.27. The van der Waals surface area contributed by atoms with Crippen LogP contribution in [0, 0.1) is 23.2 Å². The summed E-state index contributed by atoms with van der Waals surface area (Å²) in [6.07, 6.45) is 0. The fourth-order valence-corrected chi connectivity index (χ4v) is 2.20. The van der Waals surface area contributed by atoms with Crippen LogP contribution < -0.4 is 5.32 Å². The molecule has 21 heavy (non-hydrogen) atoms. The fourth-order valence-electron chi connectivity index (χ4n) is 1.52. The third-order valence-electron chi connectivity index (χ3n) is 3.16. The first-order valence-corrected chi connectivity index (χ1v) is 7.88. The van der Waals surface area contributed by atoms with Gasteiger partial charge in [-0.15, -0.1) is 5.10 Å². The van der Waals surface area contributed by atoms with Gasteiger partial charge in [-0.2, -0.15) is 5.26 Å². The van der Waals surface area contributed by atoms with Crippen molar-refractivity contribution in [2.75, 3.05) is 5.75 Å². The quantitative estimate of drug-likeness (QED) is 0.766. The van der Waals surface area contributed by atoms with E-state index in [0.717, 1.165) is 0 Å². The van der Waals surface area contributed by atoms with Crippen LogP contribution in [-0.4, -0.2) is 37.4 Å². The Morgan fingerprint density at radius 3 is 2.67 bits per heavy atom. The molecule has 0 aromatic carbocycles. The smallest absolute Gasteiger partial charge is 0.231 e. The zero-order valence-electron chi connectivity index (χ0n) is 13.1. The Bertz CT molecular complexity index is 521. The van der Waals surface area contributed by atoms with Crippen LogP contribution in [0.3, 0.4) is 0 Å². The number of nitriles is 1. The summed E-state index contributed by atoms with van der Waals surface area (Å²) >= 11 is 1.27. The number of nitrogens with one attached hydrogen (secondary N) is 1. The van der Waals surface area contributed by atoms with Crippen LogP contribution in [0.5, 0.6) is 0 Å². The molecule has 0 aliphatic rings. The van der Waals surface area contributed by atoms with Gasteiger partial charge in [0.1, 0.15) is 5.54 Å². The van der Waals surface area contributed by atoms with Gasteiger partial charge in [0, 0.05) is 6.54 Å². The zero-order chi connectivity index (χ0) is 16.0. The average molecular weight is 310 g/mol. The molecule has 1 N–H and O–H groups in total.